The van der Waals surface area contributed by atoms with Gasteiger partial charge in [0.05, 0.1) is 12.7 Å². The maximum Gasteiger partial charge on any atom is 0.339 e. The van der Waals surface area contributed by atoms with E-state index < -0.39 is 36.4 Å². The number of aryl methyl sites for hydroxylation is 1. The Balaban J connectivity index is 1.38. The molecule has 0 aliphatic carbocycles. The summed E-state index contributed by atoms with van der Waals surface area (Å²) in [5.74, 6) is 0.495. The first kappa shape index (κ1) is 27.4. The molecule has 0 spiro atoms. The topological polar surface area (TPSA) is 126 Å². The minimum absolute atomic E-state index is 0.122. The maximum atomic E-state index is 13.8. The zero-order chi connectivity index (χ0) is 25.7. The molecule has 4 rings (SSSR count). The first-order valence-corrected chi connectivity index (χ1v) is 15.5. The Hall–Kier alpha value is -1.63. The molecule has 3 N–H and O–H groups in total. The number of thiocarbonyl (C=S) groups is 1. The van der Waals surface area contributed by atoms with Crippen molar-refractivity contribution in [2.45, 2.75) is 51.0 Å². The van der Waals surface area contributed by atoms with Gasteiger partial charge in [-0.3, -0.25) is 18.9 Å². The molecule has 0 bridgehead atoms. The first-order valence-electron chi connectivity index (χ1n) is 11.9. The van der Waals surface area contributed by atoms with Crippen molar-refractivity contribution in [1.82, 2.24) is 19.8 Å². The summed E-state index contributed by atoms with van der Waals surface area (Å²) in [4.78, 5) is 26.9. The molecule has 0 amide bonds. The lowest BCUT2D eigenvalue weighted by Gasteiger charge is -2.26. The number of aliphatic hydroxyl groups is 1. The average molecular weight is 555 g/mol. The van der Waals surface area contributed by atoms with Crippen LogP contribution in [0.4, 0.5) is 0 Å². The predicted octanol–water partition coefficient (Wildman–Crippen LogP) is 2.76. The van der Waals surface area contributed by atoms with E-state index in [9.17, 15) is 19.3 Å². The van der Waals surface area contributed by atoms with Gasteiger partial charge in [0, 0.05) is 41.9 Å². The van der Waals surface area contributed by atoms with E-state index in [0.29, 0.717) is 17.7 Å². The van der Waals surface area contributed by atoms with Gasteiger partial charge < -0.3 is 14.4 Å². The molecule has 2 aliphatic rings. The number of ether oxygens (including phenoxy) is 1. The molecule has 1 aromatic heterocycles. The van der Waals surface area contributed by atoms with Gasteiger partial charge in [0.1, 0.15) is 12.3 Å². The molecule has 2 aromatic rings. The highest BCUT2D eigenvalue weighted by molar-refractivity contribution is 8.56. The molecule has 196 valence electrons. The smallest absolute Gasteiger partial charge is 0.339 e. The molecular weight excluding hydrogens is 523 g/mol. The summed E-state index contributed by atoms with van der Waals surface area (Å²) in [6, 6.07) is 9.70. The van der Waals surface area contributed by atoms with E-state index in [1.54, 1.807) is 6.92 Å². The first-order chi connectivity index (χ1) is 17.2. The lowest BCUT2D eigenvalue weighted by molar-refractivity contribution is -0.0407. The van der Waals surface area contributed by atoms with E-state index in [1.165, 1.54) is 22.1 Å². The second-order valence-corrected chi connectivity index (χ2v) is 13.7. The van der Waals surface area contributed by atoms with E-state index in [0.717, 1.165) is 36.4 Å². The van der Waals surface area contributed by atoms with Crippen molar-refractivity contribution in [3.05, 3.63) is 68.5 Å². The number of hydrazine groups is 1. The van der Waals surface area contributed by atoms with Gasteiger partial charge in [-0.1, -0.05) is 53.9 Å². The molecule has 0 radical (unpaired) electrons. The van der Waals surface area contributed by atoms with Crippen LogP contribution in [-0.4, -0.2) is 62.2 Å². The van der Waals surface area contributed by atoms with Gasteiger partial charge in [0.25, 0.3) is 5.56 Å². The molecule has 4 atom stereocenters. The third-order valence-electron chi connectivity index (χ3n) is 6.13. The largest absolute Gasteiger partial charge is 0.390 e. The Bertz CT molecular complexity index is 1220. The zero-order valence-corrected chi connectivity index (χ0v) is 22.5. The lowest BCUT2D eigenvalue weighted by atomic mass is 10.1. The Morgan fingerprint density at radius 2 is 2.03 bits per heavy atom. The highest BCUT2D eigenvalue weighted by Gasteiger charge is 2.38. The summed E-state index contributed by atoms with van der Waals surface area (Å²) in [7, 11) is 0. The Labute approximate surface area is 218 Å². The van der Waals surface area contributed by atoms with E-state index in [1.807, 2.05) is 35.3 Å². The fourth-order valence-corrected chi connectivity index (χ4v) is 8.02. The molecule has 13 heteroatoms. The zero-order valence-electron chi connectivity index (χ0n) is 20.0. The van der Waals surface area contributed by atoms with Gasteiger partial charge in [-0.05, 0) is 31.7 Å². The third kappa shape index (κ3) is 7.02. The van der Waals surface area contributed by atoms with E-state index in [-0.39, 0.29) is 13.0 Å². The number of H-pyrrole nitrogens is 1. The molecule has 1 unspecified atom stereocenters. The van der Waals surface area contributed by atoms with Crippen LogP contribution in [-0.2, 0) is 13.8 Å². The fourth-order valence-electron chi connectivity index (χ4n) is 4.12. The molecule has 3 heterocycles. The number of aromatic amines is 1. The van der Waals surface area contributed by atoms with Gasteiger partial charge in [0.15, 0.2) is 0 Å². The number of hydrogen-bond donors (Lipinski definition) is 3. The molecular formula is C23H31N4O6PS2. The standard InChI is InChI=1S/C23H31N4O6PS2/c1-16-14-27(23(30)24-22(16)29)21-13-18(28)19(33-21)15-32-34(31,25-26-10-5-6-11-26)36-12-9-20(35)17-7-3-2-4-8-17/h2-4,7-8,14,18-19,21,28H,5-6,9-13,15H2,1H3,(H,25,31)(H,24,29,30)/t18-,19+,21+,34?/m0/s1. The number of hydrogen-bond acceptors (Lipinski definition) is 9. The van der Waals surface area contributed by atoms with Gasteiger partial charge >= 0.3 is 12.4 Å². The minimum Gasteiger partial charge on any atom is -0.390 e. The van der Waals surface area contributed by atoms with Crippen molar-refractivity contribution in [3.63, 3.8) is 0 Å². The van der Waals surface area contributed by atoms with E-state index in [4.69, 9.17) is 21.5 Å². The molecule has 1 aromatic carbocycles. The van der Waals surface area contributed by atoms with Crippen molar-refractivity contribution in [1.29, 1.82) is 0 Å². The highest BCUT2D eigenvalue weighted by atomic mass is 32.7. The van der Waals surface area contributed by atoms with Crippen LogP contribution in [0.3, 0.4) is 0 Å². The van der Waals surface area contributed by atoms with Crippen LogP contribution in [0, 0.1) is 6.92 Å². The van der Waals surface area contributed by atoms with Crippen LogP contribution < -0.4 is 16.4 Å². The molecule has 2 aliphatic heterocycles. The second-order valence-electron chi connectivity index (χ2n) is 8.87. The summed E-state index contributed by atoms with van der Waals surface area (Å²) < 4.78 is 26.8. The van der Waals surface area contributed by atoms with Gasteiger partial charge in [0.2, 0.25) is 0 Å². The van der Waals surface area contributed by atoms with Crippen molar-refractivity contribution < 1.29 is 18.9 Å². The summed E-state index contributed by atoms with van der Waals surface area (Å²) in [6.45, 7) is -0.376. The fraction of sp³-hybridized carbons (Fsp3) is 0.522. The van der Waals surface area contributed by atoms with Gasteiger partial charge in [-0.2, -0.15) is 5.20 Å². The average Bonchev–Trinajstić information content (AvgIpc) is 3.50. The lowest BCUT2D eigenvalue weighted by Crippen LogP contribution is -2.34. The molecule has 36 heavy (non-hydrogen) atoms. The summed E-state index contributed by atoms with van der Waals surface area (Å²) in [5.41, 5.74) is 0.247. The summed E-state index contributed by atoms with van der Waals surface area (Å²) in [6.07, 6.45) is 1.66. The monoisotopic (exact) mass is 554 g/mol. The SMILES string of the molecule is Cc1cn([C@H]2C[C@H](O)[C@@H](COP(=O)(NN3CCCC3)SCCC(=S)c3ccccc3)O2)c(=O)[nH]c1=O. The number of aromatic nitrogens is 2. The molecule has 10 nitrogen and oxygen atoms in total. The molecule has 0 saturated carbocycles. The third-order valence-corrected chi connectivity index (χ3v) is 10.4. The van der Waals surface area contributed by atoms with Crippen molar-refractivity contribution >= 4 is 35.2 Å². The van der Waals surface area contributed by atoms with Crippen molar-refractivity contribution in [2.75, 3.05) is 25.4 Å². The van der Waals surface area contributed by atoms with Crippen LogP contribution in [0.15, 0.2) is 46.1 Å². The van der Waals surface area contributed by atoms with Gasteiger partial charge in [-0.15, -0.1) is 0 Å². The van der Waals surface area contributed by atoms with Crippen LogP contribution in [0.1, 0.15) is 43.0 Å². The Morgan fingerprint density at radius 1 is 1.31 bits per heavy atom. The summed E-state index contributed by atoms with van der Waals surface area (Å²) in [5, 5.41) is 15.5. The molecule has 2 saturated heterocycles. The Morgan fingerprint density at radius 3 is 2.75 bits per heavy atom. The summed E-state index contributed by atoms with van der Waals surface area (Å²) >= 11 is 6.71. The minimum atomic E-state index is -3.39. The van der Waals surface area contributed by atoms with Gasteiger partial charge in [-0.25, -0.2) is 9.80 Å². The second kappa shape index (κ2) is 12.3. The number of benzene rings is 1. The maximum absolute atomic E-state index is 13.8. The Kier molecular flexibility index (Phi) is 9.35. The predicted molar refractivity (Wildman–Crippen MR) is 143 cm³/mol. The van der Waals surface area contributed by atoms with Crippen LogP contribution >= 0.6 is 30.3 Å². The highest BCUT2D eigenvalue weighted by Crippen LogP contribution is 2.57. The van der Waals surface area contributed by atoms with Crippen LogP contribution in [0.25, 0.3) is 0 Å². The van der Waals surface area contributed by atoms with Crippen molar-refractivity contribution in [2.24, 2.45) is 0 Å². The number of aliphatic hydroxyl groups excluding tert-OH is 1. The van der Waals surface area contributed by atoms with Crippen LogP contribution in [0.2, 0.25) is 0 Å². The van der Waals surface area contributed by atoms with Crippen molar-refractivity contribution in [3.8, 4) is 0 Å². The number of nitrogens with one attached hydrogen (secondary N) is 2. The normalized spacial score (nSPS) is 24.1. The quantitative estimate of drug-likeness (QED) is 0.217. The number of rotatable bonds is 11. The number of nitrogens with zero attached hydrogens (tertiary/aromatic N) is 2. The molecule has 2 fully saturated rings. The van der Waals surface area contributed by atoms with E-state index >= 15 is 0 Å². The van der Waals surface area contributed by atoms with E-state index in [2.05, 4.69) is 10.2 Å². The van der Waals surface area contributed by atoms with Crippen LogP contribution in [0.5, 0.6) is 0 Å².